The van der Waals surface area contributed by atoms with Gasteiger partial charge in [0.05, 0.1) is 12.4 Å². The summed E-state index contributed by atoms with van der Waals surface area (Å²) in [6.45, 7) is 4.03. The monoisotopic (exact) mass is 375 g/mol. The zero-order valence-electron chi connectivity index (χ0n) is 14.0. The molecule has 0 spiro atoms. The number of nitrogens with zero attached hydrogens (tertiary/aromatic N) is 2. The van der Waals surface area contributed by atoms with Crippen molar-refractivity contribution in [3.8, 4) is 0 Å². The Kier molecular flexibility index (Phi) is 5.40. The minimum Gasteiger partial charge on any atom is -0.463 e. The standard InChI is InChI=1S/C17H17N3O3S2/c1-10-5-4-6-12(9-10)18-16-19-20-17(25-16)24-11(2)13-7-8-14(23-13)15(21)22-3/h4-9,11H,1-3H3,(H,18,19). The van der Waals surface area contributed by atoms with Gasteiger partial charge < -0.3 is 14.5 Å². The van der Waals surface area contributed by atoms with E-state index in [1.165, 1.54) is 35.8 Å². The number of aromatic nitrogens is 2. The molecule has 0 aliphatic carbocycles. The first-order chi connectivity index (χ1) is 12.0. The van der Waals surface area contributed by atoms with E-state index in [1.54, 1.807) is 12.1 Å². The van der Waals surface area contributed by atoms with E-state index < -0.39 is 5.97 Å². The van der Waals surface area contributed by atoms with E-state index in [-0.39, 0.29) is 11.0 Å². The van der Waals surface area contributed by atoms with E-state index in [0.717, 1.165) is 15.2 Å². The lowest BCUT2D eigenvalue weighted by molar-refractivity contribution is 0.0563. The quantitative estimate of drug-likeness (QED) is 0.489. The van der Waals surface area contributed by atoms with E-state index >= 15 is 0 Å². The van der Waals surface area contributed by atoms with Crippen LogP contribution >= 0.6 is 23.1 Å². The lowest BCUT2D eigenvalue weighted by Crippen LogP contribution is -1.98. The number of rotatable bonds is 6. The summed E-state index contributed by atoms with van der Waals surface area (Å²) in [7, 11) is 1.33. The van der Waals surface area contributed by atoms with E-state index in [0.29, 0.717) is 5.76 Å². The predicted octanol–water partition coefficient (Wildman–Crippen LogP) is 4.82. The largest absolute Gasteiger partial charge is 0.463 e. The number of hydrogen-bond donors (Lipinski definition) is 1. The van der Waals surface area contributed by atoms with E-state index in [1.807, 2.05) is 38.1 Å². The van der Waals surface area contributed by atoms with Gasteiger partial charge in [-0.25, -0.2) is 4.79 Å². The van der Waals surface area contributed by atoms with Crippen LogP contribution in [0.2, 0.25) is 0 Å². The predicted molar refractivity (Wildman–Crippen MR) is 98.7 cm³/mol. The maximum absolute atomic E-state index is 11.5. The van der Waals surface area contributed by atoms with Crippen molar-refractivity contribution in [2.45, 2.75) is 23.4 Å². The molecule has 0 amide bonds. The number of carbonyl (C=O) groups is 1. The Morgan fingerprint density at radius 1 is 1.32 bits per heavy atom. The van der Waals surface area contributed by atoms with Crippen molar-refractivity contribution in [2.75, 3.05) is 12.4 Å². The van der Waals surface area contributed by atoms with Crippen LogP contribution in [0.15, 0.2) is 45.2 Å². The Hall–Kier alpha value is -2.32. The zero-order chi connectivity index (χ0) is 17.8. The lowest BCUT2D eigenvalue weighted by atomic mass is 10.2. The van der Waals surface area contributed by atoms with E-state index in [9.17, 15) is 4.79 Å². The molecule has 1 N–H and O–H groups in total. The Morgan fingerprint density at radius 3 is 2.92 bits per heavy atom. The summed E-state index contributed by atoms with van der Waals surface area (Å²) in [6.07, 6.45) is 0. The van der Waals surface area contributed by atoms with Crippen LogP contribution in [0, 0.1) is 6.92 Å². The van der Waals surface area contributed by atoms with Gasteiger partial charge in [-0.05, 0) is 43.7 Å². The summed E-state index contributed by atoms with van der Waals surface area (Å²) in [6, 6.07) is 11.5. The Bertz CT molecular complexity index is 875. The summed E-state index contributed by atoms with van der Waals surface area (Å²) in [4.78, 5) is 11.5. The minimum atomic E-state index is -0.482. The molecule has 1 unspecified atom stereocenters. The Labute approximate surface area is 153 Å². The summed E-state index contributed by atoms with van der Waals surface area (Å²) < 4.78 is 11.0. The number of benzene rings is 1. The van der Waals surface area contributed by atoms with Crippen LogP contribution in [0.5, 0.6) is 0 Å². The topological polar surface area (TPSA) is 77.2 Å². The second-order valence-electron chi connectivity index (χ2n) is 5.32. The molecule has 0 saturated carbocycles. The van der Waals surface area contributed by atoms with Crippen LogP contribution in [-0.2, 0) is 4.74 Å². The van der Waals surface area contributed by atoms with Gasteiger partial charge in [0.15, 0.2) is 4.34 Å². The number of aryl methyl sites for hydroxylation is 1. The molecule has 0 aliphatic rings. The minimum absolute atomic E-state index is 0.00169. The van der Waals surface area contributed by atoms with E-state index in [4.69, 9.17) is 4.42 Å². The highest BCUT2D eigenvalue weighted by Gasteiger charge is 2.18. The Morgan fingerprint density at radius 2 is 2.16 bits per heavy atom. The molecular weight excluding hydrogens is 358 g/mol. The van der Waals surface area contributed by atoms with Crippen molar-refractivity contribution in [3.63, 3.8) is 0 Å². The number of anilines is 2. The lowest BCUT2D eigenvalue weighted by Gasteiger charge is -2.04. The highest BCUT2D eigenvalue weighted by molar-refractivity contribution is 8.01. The van der Waals surface area contributed by atoms with Crippen LogP contribution in [0.3, 0.4) is 0 Å². The number of carbonyl (C=O) groups excluding carboxylic acids is 1. The molecule has 1 atom stereocenters. The molecule has 3 aromatic rings. The number of esters is 1. The molecule has 0 aliphatic heterocycles. The van der Waals surface area contributed by atoms with Gasteiger partial charge in [0.25, 0.3) is 0 Å². The summed E-state index contributed by atoms with van der Waals surface area (Å²) in [5.41, 5.74) is 2.16. The number of ether oxygens (including phenoxy) is 1. The van der Waals surface area contributed by atoms with Crippen molar-refractivity contribution in [1.82, 2.24) is 10.2 Å². The third-order valence-corrected chi connectivity index (χ3v) is 5.41. The maximum atomic E-state index is 11.5. The number of hydrogen-bond acceptors (Lipinski definition) is 8. The highest BCUT2D eigenvalue weighted by atomic mass is 32.2. The zero-order valence-corrected chi connectivity index (χ0v) is 15.6. The molecule has 0 radical (unpaired) electrons. The van der Waals surface area contributed by atoms with Gasteiger partial charge in [0, 0.05) is 5.69 Å². The van der Waals surface area contributed by atoms with Gasteiger partial charge in [0.1, 0.15) is 5.76 Å². The van der Waals surface area contributed by atoms with Crippen molar-refractivity contribution >= 4 is 39.9 Å². The van der Waals surface area contributed by atoms with Crippen LogP contribution in [0.1, 0.15) is 34.1 Å². The fraction of sp³-hybridized carbons (Fsp3) is 0.235. The Balaban J connectivity index is 1.64. The third-order valence-electron chi connectivity index (χ3n) is 3.37. The van der Waals surface area contributed by atoms with Gasteiger partial charge in [-0.1, -0.05) is 35.2 Å². The summed E-state index contributed by atoms with van der Waals surface area (Å²) >= 11 is 2.99. The van der Waals surface area contributed by atoms with Gasteiger partial charge in [-0.15, -0.1) is 10.2 Å². The fourth-order valence-electron chi connectivity index (χ4n) is 2.15. The normalized spacial score (nSPS) is 12.0. The first-order valence-corrected chi connectivity index (χ1v) is 9.26. The van der Waals surface area contributed by atoms with Crippen molar-refractivity contribution in [2.24, 2.45) is 0 Å². The summed E-state index contributed by atoms with van der Waals surface area (Å²) in [5.74, 6) is 0.404. The van der Waals surface area contributed by atoms with E-state index in [2.05, 4.69) is 20.3 Å². The highest BCUT2D eigenvalue weighted by Crippen LogP contribution is 2.38. The molecule has 2 aromatic heterocycles. The molecule has 25 heavy (non-hydrogen) atoms. The fourth-order valence-corrected chi connectivity index (χ4v) is 4.14. The second-order valence-corrected chi connectivity index (χ2v) is 7.89. The number of furan rings is 1. The average Bonchev–Trinajstić information content (AvgIpc) is 3.24. The molecule has 130 valence electrons. The number of methoxy groups -OCH3 is 1. The second kappa shape index (κ2) is 7.71. The molecule has 8 heteroatoms. The van der Waals surface area contributed by atoms with Gasteiger partial charge in [0.2, 0.25) is 10.9 Å². The first-order valence-electron chi connectivity index (χ1n) is 7.57. The van der Waals surface area contributed by atoms with Crippen LogP contribution < -0.4 is 5.32 Å². The molecule has 0 fully saturated rings. The van der Waals surface area contributed by atoms with Gasteiger partial charge in [-0.3, -0.25) is 0 Å². The molecule has 1 aromatic carbocycles. The smallest absolute Gasteiger partial charge is 0.373 e. The third kappa shape index (κ3) is 4.40. The number of thioether (sulfide) groups is 1. The summed E-state index contributed by atoms with van der Waals surface area (Å²) in [5, 5.41) is 12.3. The SMILES string of the molecule is COC(=O)c1ccc(C(C)Sc2nnc(Nc3cccc(C)c3)s2)o1. The molecule has 0 saturated heterocycles. The molecular formula is C17H17N3O3S2. The van der Waals surface area contributed by atoms with Gasteiger partial charge in [-0.2, -0.15) is 0 Å². The number of nitrogens with one attached hydrogen (secondary N) is 1. The van der Waals surface area contributed by atoms with Crippen molar-refractivity contribution in [3.05, 3.63) is 53.5 Å². The average molecular weight is 375 g/mol. The first kappa shape index (κ1) is 17.5. The molecule has 2 heterocycles. The molecule has 3 rings (SSSR count). The van der Waals surface area contributed by atoms with Crippen molar-refractivity contribution < 1.29 is 13.9 Å². The van der Waals surface area contributed by atoms with Crippen LogP contribution in [0.25, 0.3) is 0 Å². The van der Waals surface area contributed by atoms with Gasteiger partial charge >= 0.3 is 5.97 Å². The van der Waals surface area contributed by atoms with Crippen molar-refractivity contribution in [1.29, 1.82) is 0 Å². The van der Waals surface area contributed by atoms with Crippen LogP contribution in [0.4, 0.5) is 10.8 Å². The molecule has 0 bridgehead atoms. The maximum Gasteiger partial charge on any atom is 0.373 e. The molecule has 6 nitrogen and oxygen atoms in total. The van der Waals surface area contributed by atoms with Crippen LogP contribution in [-0.4, -0.2) is 23.3 Å².